The highest BCUT2D eigenvalue weighted by Gasteiger charge is 2.21. The van der Waals surface area contributed by atoms with E-state index in [9.17, 15) is 4.79 Å². The van der Waals surface area contributed by atoms with Crippen LogP contribution in [0.4, 0.5) is 5.69 Å². The smallest absolute Gasteiger partial charge is 0.253 e. The van der Waals surface area contributed by atoms with Gasteiger partial charge in [0.15, 0.2) is 0 Å². The summed E-state index contributed by atoms with van der Waals surface area (Å²) in [6.07, 6.45) is 2.35. The average Bonchev–Trinajstić information content (AvgIpc) is 2.90. The fourth-order valence-corrected chi connectivity index (χ4v) is 2.44. The van der Waals surface area contributed by atoms with Crippen molar-refractivity contribution in [2.24, 2.45) is 0 Å². The average molecular weight is 262 g/mol. The van der Waals surface area contributed by atoms with Gasteiger partial charge in [-0.05, 0) is 43.5 Å². The maximum Gasteiger partial charge on any atom is 0.253 e. The fourth-order valence-electron chi connectivity index (χ4n) is 2.44. The number of amides is 1. The molecule has 0 aromatic heterocycles. The summed E-state index contributed by atoms with van der Waals surface area (Å²) in [5.41, 5.74) is 2.78. The fraction of sp³-hybridized carbons (Fsp3) is 0.533. The molecule has 0 aliphatic carbocycles. The van der Waals surface area contributed by atoms with Crippen LogP contribution in [0.2, 0.25) is 0 Å². The molecule has 1 fully saturated rings. The summed E-state index contributed by atoms with van der Waals surface area (Å²) in [7, 11) is 3.72. The van der Waals surface area contributed by atoms with Crippen molar-refractivity contribution in [3.05, 3.63) is 29.3 Å². The van der Waals surface area contributed by atoms with E-state index in [0.29, 0.717) is 6.54 Å². The van der Waals surface area contributed by atoms with Crippen molar-refractivity contribution in [3.63, 3.8) is 0 Å². The van der Waals surface area contributed by atoms with Crippen molar-refractivity contribution in [1.82, 2.24) is 4.90 Å². The van der Waals surface area contributed by atoms with E-state index < -0.39 is 0 Å². The zero-order chi connectivity index (χ0) is 13.8. The molecule has 1 unspecified atom stereocenters. The third-order valence-corrected chi connectivity index (χ3v) is 3.59. The number of likely N-dealkylation sites (N-methyl/N-ethyl adjacent to an activating group) is 1. The van der Waals surface area contributed by atoms with Crippen LogP contribution < -0.4 is 5.32 Å². The maximum absolute atomic E-state index is 12.4. The molecule has 1 aromatic rings. The number of benzene rings is 1. The Bertz CT molecular complexity index is 453. The summed E-state index contributed by atoms with van der Waals surface area (Å²) in [6.45, 7) is 3.46. The molecule has 1 aliphatic rings. The number of rotatable bonds is 4. The first-order chi connectivity index (χ1) is 9.11. The lowest BCUT2D eigenvalue weighted by molar-refractivity contribution is 0.0586. The van der Waals surface area contributed by atoms with Crippen molar-refractivity contribution in [3.8, 4) is 0 Å². The zero-order valence-electron chi connectivity index (χ0n) is 11.9. The van der Waals surface area contributed by atoms with Gasteiger partial charge in [-0.15, -0.1) is 0 Å². The molecule has 1 saturated heterocycles. The van der Waals surface area contributed by atoms with Crippen molar-refractivity contribution in [1.29, 1.82) is 0 Å². The van der Waals surface area contributed by atoms with Crippen molar-refractivity contribution in [2.45, 2.75) is 25.9 Å². The number of nitrogens with one attached hydrogen (secondary N) is 1. The Labute approximate surface area is 114 Å². The van der Waals surface area contributed by atoms with E-state index in [2.05, 4.69) is 5.32 Å². The first-order valence-electron chi connectivity index (χ1n) is 6.77. The van der Waals surface area contributed by atoms with Crippen LogP contribution in [0.1, 0.15) is 28.8 Å². The second kappa shape index (κ2) is 6.06. The van der Waals surface area contributed by atoms with Gasteiger partial charge in [-0.3, -0.25) is 4.79 Å². The van der Waals surface area contributed by atoms with Crippen LogP contribution >= 0.6 is 0 Å². The molecule has 2 rings (SSSR count). The molecule has 1 heterocycles. The summed E-state index contributed by atoms with van der Waals surface area (Å²) in [6, 6.07) is 5.81. The molecule has 1 amide bonds. The van der Waals surface area contributed by atoms with Gasteiger partial charge in [0.05, 0.1) is 6.10 Å². The predicted octanol–water partition coefficient (Wildman–Crippen LogP) is 2.29. The van der Waals surface area contributed by atoms with Gasteiger partial charge in [-0.2, -0.15) is 0 Å². The number of nitrogens with zero attached hydrogens (tertiary/aromatic N) is 1. The number of hydrogen-bond donors (Lipinski definition) is 1. The summed E-state index contributed by atoms with van der Waals surface area (Å²) >= 11 is 0. The highest BCUT2D eigenvalue weighted by molar-refractivity contribution is 5.95. The van der Waals surface area contributed by atoms with Gasteiger partial charge in [0.1, 0.15) is 0 Å². The van der Waals surface area contributed by atoms with Crippen LogP contribution in [0.3, 0.4) is 0 Å². The molecule has 0 spiro atoms. The quantitative estimate of drug-likeness (QED) is 0.905. The van der Waals surface area contributed by atoms with Crippen LogP contribution in [-0.2, 0) is 4.74 Å². The number of carbonyl (C=O) groups excluding carboxylic acids is 1. The van der Waals surface area contributed by atoms with Crippen LogP contribution in [0.5, 0.6) is 0 Å². The van der Waals surface area contributed by atoms with Crippen molar-refractivity contribution < 1.29 is 9.53 Å². The van der Waals surface area contributed by atoms with Gasteiger partial charge in [0.2, 0.25) is 0 Å². The van der Waals surface area contributed by atoms with E-state index in [0.717, 1.165) is 36.3 Å². The third kappa shape index (κ3) is 3.26. The van der Waals surface area contributed by atoms with Gasteiger partial charge in [0, 0.05) is 38.5 Å². The Balaban J connectivity index is 2.05. The monoisotopic (exact) mass is 262 g/mol. The van der Waals surface area contributed by atoms with Gasteiger partial charge < -0.3 is 15.0 Å². The number of anilines is 1. The van der Waals surface area contributed by atoms with Crippen LogP contribution in [0, 0.1) is 6.92 Å². The Morgan fingerprint density at radius 3 is 2.89 bits per heavy atom. The van der Waals surface area contributed by atoms with E-state index in [1.807, 2.05) is 39.2 Å². The minimum atomic E-state index is 0.0654. The summed E-state index contributed by atoms with van der Waals surface area (Å²) in [5, 5.41) is 3.08. The second-order valence-corrected chi connectivity index (χ2v) is 5.10. The standard InChI is InChI=1S/C15H22N2O2/c1-11-9-12(16-2)6-7-14(11)15(18)17(3)10-13-5-4-8-19-13/h6-7,9,13,16H,4-5,8,10H2,1-3H3. The molecule has 19 heavy (non-hydrogen) atoms. The minimum absolute atomic E-state index is 0.0654. The van der Waals surface area contributed by atoms with Gasteiger partial charge in [0.25, 0.3) is 5.91 Å². The Kier molecular flexibility index (Phi) is 4.43. The topological polar surface area (TPSA) is 41.6 Å². The predicted molar refractivity (Wildman–Crippen MR) is 76.7 cm³/mol. The van der Waals surface area contributed by atoms with Crippen LogP contribution in [0.15, 0.2) is 18.2 Å². The number of carbonyl (C=O) groups is 1. The molecule has 1 aromatic carbocycles. The van der Waals surface area contributed by atoms with E-state index in [1.165, 1.54) is 0 Å². The van der Waals surface area contributed by atoms with E-state index in [1.54, 1.807) is 4.90 Å². The van der Waals surface area contributed by atoms with E-state index in [4.69, 9.17) is 4.74 Å². The molecular weight excluding hydrogens is 240 g/mol. The molecule has 0 saturated carbocycles. The molecule has 4 heteroatoms. The zero-order valence-corrected chi connectivity index (χ0v) is 11.9. The van der Waals surface area contributed by atoms with Gasteiger partial charge in [-0.25, -0.2) is 0 Å². The molecule has 104 valence electrons. The van der Waals surface area contributed by atoms with Crippen LogP contribution in [-0.4, -0.2) is 44.2 Å². The Hall–Kier alpha value is -1.55. The molecule has 1 N–H and O–H groups in total. The normalized spacial score (nSPS) is 18.4. The second-order valence-electron chi connectivity index (χ2n) is 5.10. The molecular formula is C15H22N2O2. The van der Waals surface area contributed by atoms with Crippen molar-refractivity contribution >= 4 is 11.6 Å². The first kappa shape index (κ1) is 13.9. The Morgan fingerprint density at radius 2 is 2.32 bits per heavy atom. The molecule has 0 bridgehead atoms. The Morgan fingerprint density at radius 1 is 1.53 bits per heavy atom. The lowest BCUT2D eigenvalue weighted by atomic mass is 10.1. The highest BCUT2D eigenvalue weighted by Crippen LogP contribution is 2.18. The molecule has 1 aliphatic heterocycles. The number of hydrogen-bond acceptors (Lipinski definition) is 3. The molecule has 1 atom stereocenters. The number of ether oxygens (including phenoxy) is 1. The molecule has 4 nitrogen and oxygen atoms in total. The molecule has 0 radical (unpaired) electrons. The van der Waals surface area contributed by atoms with E-state index in [-0.39, 0.29) is 12.0 Å². The lowest BCUT2D eigenvalue weighted by Gasteiger charge is -2.21. The van der Waals surface area contributed by atoms with E-state index >= 15 is 0 Å². The lowest BCUT2D eigenvalue weighted by Crippen LogP contribution is -2.34. The first-order valence-corrected chi connectivity index (χ1v) is 6.77. The maximum atomic E-state index is 12.4. The largest absolute Gasteiger partial charge is 0.388 e. The summed E-state index contributed by atoms with van der Waals surface area (Å²) in [5.74, 6) is 0.0654. The van der Waals surface area contributed by atoms with Gasteiger partial charge in [-0.1, -0.05) is 0 Å². The summed E-state index contributed by atoms with van der Waals surface area (Å²) < 4.78 is 5.57. The van der Waals surface area contributed by atoms with Gasteiger partial charge >= 0.3 is 0 Å². The SMILES string of the molecule is CNc1ccc(C(=O)N(C)CC2CCCO2)c(C)c1. The number of aryl methyl sites for hydroxylation is 1. The minimum Gasteiger partial charge on any atom is -0.388 e. The van der Waals surface area contributed by atoms with Crippen molar-refractivity contribution in [2.75, 3.05) is 32.6 Å². The highest BCUT2D eigenvalue weighted by atomic mass is 16.5. The van der Waals surface area contributed by atoms with Crippen LogP contribution in [0.25, 0.3) is 0 Å². The summed E-state index contributed by atoms with van der Waals surface area (Å²) in [4.78, 5) is 14.2. The third-order valence-electron chi connectivity index (χ3n) is 3.59.